The van der Waals surface area contributed by atoms with Crippen LogP contribution >= 0.6 is 11.6 Å². The van der Waals surface area contributed by atoms with Crippen LogP contribution < -0.4 is 4.74 Å². The predicted octanol–water partition coefficient (Wildman–Crippen LogP) is 3.27. The number of nitrogens with zero attached hydrogens (tertiary/aromatic N) is 2. The third kappa shape index (κ3) is 2.04. The lowest BCUT2D eigenvalue weighted by Crippen LogP contribution is -1.95. The van der Waals surface area contributed by atoms with Crippen molar-refractivity contribution >= 4 is 22.5 Å². The minimum absolute atomic E-state index is 0.282. The number of pyridine rings is 1. The first-order valence-electron chi connectivity index (χ1n) is 5.17. The molecule has 0 radical (unpaired) electrons. The molecule has 2 aromatic rings. The Morgan fingerprint density at radius 2 is 2.24 bits per heavy atom. The van der Waals surface area contributed by atoms with Crippen LogP contribution in [0.2, 0.25) is 5.02 Å². The van der Waals surface area contributed by atoms with Gasteiger partial charge in [-0.15, -0.1) is 0 Å². The molecule has 4 heteroatoms. The van der Waals surface area contributed by atoms with E-state index < -0.39 is 0 Å². The van der Waals surface area contributed by atoms with Gasteiger partial charge < -0.3 is 4.74 Å². The largest absolute Gasteiger partial charge is 0.496 e. The molecule has 0 fully saturated rings. The van der Waals surface area contributed by atoms with E-state index in [0.29, 0.717) is 10.5 Å². The maximum atomic E-state index is 8.71. The smallest absolute Gasteiger partial charge is 0.128 e. The molecule has 0 spiro atoms. The van der Waals surface area contributed by atoms with Gasteiger partial charge in [0.15, 0.2) is 0 Å². The summed E-state index contributed by atoms with van der Waals surface area (Å²) in [5, 5.41) is 10.2. The number of halogens is 1. The number of benzene rings is 1. The highest BCUT2D eigenvalue weighted by molar-refractivity contribution is 6.35. The van der Waals surface area contributed by atoms with Crippen LogP contribution in [0.5, 0.6) is 5.75 Å². The molecule has 3 nitrogen and oxygen atoms in total. The summed E-state index contributed by atoms with van der Waals surface area (Å²) < 4.78 is 5.30. The highest BCUT2D eigenvalue weighted by Gasteiger charge is 2.11. The van der Waals surface area contributed by atoms with Crippen molar-refractivity contribution in [3.63, 3.8) is 0 Å². The minimum atomic E-state index is 0.282. The lowest BCUT2D eigenvalue weighted by atomic mass is 10.1. The summed E-state index contributed by atoms with van der Waals surface area (Å²) in [5.74, 6) is 0.748. The fourth-order valence-electron chi connectivity index (χ4n) is 1.88. The van der Waals surface area contributed by atoms with Crippen molar-refractivity contribution in [3.8, 4) is 11.8 Å². The van der Waals surface area contributed by atoms with Crippen molar-refractivity contribution < 1.29 is 4.74 Å². The molecule has 0 aliphatic heterocycles. The molecule has 0 atom stereocenters. The van der Waals surface area contributed by atoms with Gasteiger partial charge in [0.1, 0.15) is 5.75 Å². The van der Waals surface area contributed by atoms with Crippen molar-refractivity contribution in [1.82, 2.24) is 4.98 Å². The van der Waals surface area contributed by atoms with Crippen LogP contribution in [0.1, 0.15) is 11.3 Å². The normalized spacial score (nSPS) is 10.2. The first kappa shape index (κ1) is 11.7. The molecule has 0 bridgehead atoms. The van der Waals surface area contributed by atoms with E-state index in [1.54, 1.807) is 13.2 Å². The van der Waals surface area contributed by atoms with Gasteiger partial charge in [0.2, 0.25) is 0 Å². The molecular formula is C13H11ClN2O. The average molecular weight is 247 g/mol. The summed E-state index contributed by atoms with van der Waals surface area (Å²) in [6.45, 7) is 1.96. The number of hydrogen-bond donors (Lipinski definition) is 0. The summed E-state index contributed by atoms with van der Waals surface area (Å²) in [6.07, 6.45) is 0.282. The summed E-state index contributed by atoms with van der Waals surface area (Å²) in [4.78, 5) is 4.40. The molecule has 17 heavy (non-hydrogen) atoms. The van der Waals surface area contributed by atoms with E-state index in [4.69, 9.17) is 21.6 Å². The maximum absolute atomic E-state index is 8.71. The Kier molecular flexibility index (Phi) is 3.16. The van der Waals surface area contributed by atoms with Gasteiger partial charge in [-0.05, 0) is 30.7 Å². The van der Waals surface area contributed by atoms with Gasteiger partial charge in [0.25, 0.3) is 0 Å². The highest BCUT2D eigenvalue weighted by atomic mass is 35.5. The molecule has 1 aromatic heterocycles. The van der Waals surface area contributed by atoms with E-state index in [9.17, 15) is 0 Å². The van der Waals surface area contributed by atoms with Crippen molar-refractivity contribution in [3.05, 3.63) is 34.5 Å². The average Bonchev–Trinajstić information content (AvgIpc) is 2.31. The first-order chi connectivity index (χ1) is 8.17. The van der Waals surface area contributed by atoms with Crippen LogP contribution in [0.15, 0.2) is 18.2 Å². The molecule has 0 N–H and O–H groups in total. The van der Waals surface area contributed by atoms with Crippen LogP contribution in [0.3, 0.4) is 0 Å². The standard InChI is InChI=1S/C13H11ClN2O/c1-8-7-9(5-6-15)16-13-10(14)3-4-11(17-2)12(8)13/h3-4,7H,5H2,1-2H3. The van der Waals surface area contributed by atoms with Gasteiger partial charge in [-0.3, -0.25) is 4.98 Å². The molecule has 0 saturated carbocycles. The van der Waals surface area contributed by atoms with Gasteiger partial charge >= 0.3 is 0 Å². The molecule has 0 amide bonds. The van der Waals surface area contributed by atoms with E-state index >= 15 is 0 Å². The Bertz CT molecular complexity index is 617. The minimum Gasteiger partial charge on any atom is -0.496 e. The summed E-state index contributed by atoms with van der Waals surface area (Å²) in [7, 11) is 1.62. The van der Waals surface area contributed by atoms with Gasteiger partial charge in [-0.25, -0.2) is 0 Å². The van der Waals surface area contributed by atoms with Crippen LogP contribution in [0.4, 0.5) is 0 Å². The fourth-order valence-corrected chi connectivity index (χ4v) is 2.08. The monoisotopic (exact) mass is 246 g/mol. The zero-order chi connectivity index (χ0) is 12.4. The second-order valence-electron chi connectivity index (χ2n) is 3.74. The lowest BCUT2D eigenvalue weighted by molar-refractivity contribution is 0.419. The predicted molar refractivity (Wildman–Crippen MR) is 67.4 cm³/mol. The molecule has 1 aromatic carbocycles. The Balaban J connectivity index is 2.80. The van der Waals surface area contributed by atoms with Gasteiger partial charge in [-0.1, -0.05) is 11.6 Å². The van der Waals surface area contributed by atoms with Gasteiger partial charge in [0.05, 0.1) is 35.8 Å². The Hall–Kier alpha value is -1.79. The number of methoxy groups -OCH3 is 1. The Morgan fingerprint density at radius 1 is 1.47 bits per heavy atom. The molecule has 2 rings (SSSR count). The number of fused-ring (bicyclic) bond motifs is 1. The van der Waals surface area contributed by atoms with E-state index in [-0.39, 0.29) is 6.42 Å². The molecular weight excluding hydrogens is 236 g/mol. The van der Waals surface area contributed by atoms with Crippen molar-refractivity contribution in [1.29, 1.82) is 5.26 Å². The lowest BCUT2D eigenvalue weighted by Gasteiger charge is -2.10. The third-order valence-corrected chi connectivity index (χ3v) is 2.91. The van der Waals surface area contributed by atoms with Gasteiger partial charge in [0, 0.05) is 5.39 Å². The quantitative estimate of drug-likeness (QED) is 0.817. The number of hydrogen-bond acceptors (Lipinski definition) is 3. The van der Waals surface area contributed by atoms with E-state index in [2.05, 4.69) is 11.1 Å². The zero-order valence-electron chi connectivity index (χ0n) is 9.62. The van der Waals surface area contributed by atoms with Crippen molar-refractivity contribution in [2.24, 2.45) is 0 Å². The molecule has 0 saturated heterocycles. The Morgan fingerprint density at radius 3 is 2.88 bits per heavy atom. The fraction of sp³-hybridized carbons (Fsp3) is 0.231. The second-order valence-corrected chi connectivity index (χ2v) is 4.15. The zero-order valence-corrected chi connectivity index (χ0v) is 10.4. The molecule has 0 aliphatic carbocycles. The van der Waals surface area contributed by atoms with Gasteiger partial charge in [-0.2, -0.15) is 5.26 Å². The van der Waals surface area contributed by atoms with E-state index in [0.717, 1.165) is 22.4 Å². The van der Waals surface area contributed by atoms with Crippen molar-refractivity contribution in [2.45, 2.75) is 13.3 Å². The number of aryl methyl sites for hydroxylation is 1. The molecule has 86 valence electrons. The first-order valence-corrected chi connectivity index (χ1v) is 5.55. The summed E-state index contributed by atoms with van der Waals surface area (Å²) in [5.41, 5.74) is 2.43. The third-order valence-electron chi connectivity index (χ3n) is 2.60. The van der Waals surface area contributed by atoms with E-state index in [1.165, 1.54) is 0 Å². The SMILES string of the molecule is COc1ccc(Cl)c2nc(CC#N)cc(C)c12. The number of aromatic nitrogens is 1. The maximum Gasteiger partial charge on any atom is 0.128 e. The number of nitriles is 1. The Labute approximate surface area is 105 Å². The number of rotatable bonds is 2. The summed E-state index contributed by atoms with van der Waals surface area (Å²) in [6, 6.07) is 7.56. The second kappa shape index (κ2) is 4.60. The van der Waals surface area contributed by atoms with Crippen LogP contribution in [0.25, 0.3) is 10.9 Å². The van der Waals surface area contributed by atoms with Crippen LogP contribution in [-0.4, -0.2) is 12.1 Å². The molecule has 0 unspecified atom stereocenters. The summed E-state index contributed by atoms with van der Waals surface area (Å²) >= 11 is 6.13. The molecule has 1 heterocycles. The topological polar surface area (TPSA) is 45.9 Å². The van der Waals surface area contributed by atoms with Crippen molar-refractivity contribution in [2.75, 3.05) is 7.11 Å². The highest BCUT2D eigenvalue weighted by Crippen LogP contribution is 2.32. The van der Waals surface area contributed by atoms with Crippen LogP contribution in [0, 0.1) is 18.3 Å². The van der Waals surface area contributed by atoms with Crippen LogP contribution in [-0.2, 0) is 6.42 Å². The number of ether oxygens (including phenoxy) is 1. The molecule has 0 aliphatic rings. The van der Waals surface area contributed by atoms with E-state index in [1.807, 2.05) is 19.1 Å².